The van der Waals surface area contributed by atoms with Gasteiger partial charge in [-0.15, -0.1) is 0 Å². The maximum atomic E-state index is 9.69. The van der Waals surface area contributed by atoms with E-state index in [9.17, 15) is 5.11 Å². The van der Waals surface area contributed by atoms with Gasteiger partial charge in [-0.05, 0) is 17.0 Å². The largest absolute Gasteiger partial charge is 0.394 e. The van der Waals surface area contributed by atoms with E-state index >= 15 is 0 Å². The van der Waals surface area contributed by atoms with E-state index in [0.29, 0.717) is 5.92 Å². The van der Waals surface area contributed by atoms with Crippen LogP contribution >= 0.6 is 0 Å². The normalized spacial score (nSPS) is 14.2. The number of hydrogen-bond acceptors (Lipinski definition) is 2. The summed E-state index contributed by atoms with van der Waals surface area (Å²) in [7, 11) is 0. The van der Waals surface area contributed by atoms with Gasteiger partial charge in [0.1, 0.15) is 0 Å². The summed E-state index contributed by atoms with van der Waals surface area (Å²) in [4.78, 5) is 0. The molecule has 0 aliphatic rings. The van der Waals surface area contributed by atoms with Crippen LogP contribution in [-0.4, -0.2) is 11.7 Å². The Hall–Kier alpha value is -1.64. The molecule has 2 rings (SSSR count). The van der Waals surface area contributed by atoms with E-state index in [-0.39, 0.29) is 18.7 Å². The van der Waals surface area contributed by atoms with E-state index in [2.05, 4.69) is 55.6 Å². The Bertz CT molecular complexity index is 495. The average molecular weight is 269 g/mol. The molecule has 0 amide bonds. The Kier molecular flexibility index (Phi) is 5.33. The monoisotopic (exact) mass is 269 g/mol. The number of aliphatic hydroxyl groups excluding tert-OH is 1. The highest BCUT2D eigenvalue weighted by atomic mass is 16.3. The van der Waals surface area contributed by atoms with Crippen LogP contribution in [0, 0.1) is 5.92 Å². The number of benzene rings is 2. The standard InChI is InChI=1S/C18H23NO/c1-14(2)18(16-11-7-4-8-12-16)19-17(13-20)15-9-5-3-6-10-15/h3-12,14,17-20H,13H2,1-2H3/t17-,18?/m1/s1. The summed E-state index contributed by atoms with van der Waals surface area (Å²) in [6.07, 6.45) is 0. The molecule has 0 aliphatic carbocycles. The second-order valence-electron chi connectivity index (χ2n) is 5.44. The van der Waals surface area contributed by atoms with Gasteiger partial charge < -0.3 is 10.4 Å². The van der Waals surface area contributed by atoms with E-state index in [1.165, 1.54) is 5.56 Å². The van der Waals surface area contributed by atoms with Crippen LogP contribution in [0.15, 0.2) is 60.7 Å². The first-order chi connectivity index (χ1) is 9.72. The van der Waals surface area contributed by atoms with Crippen LogP contribution in [0.25, 0.3) is 0 Å². The molecule has 0 fully saturated rings. The van der Waals surface area contributed by atoms with Crippen LogP contribution in [0.5, 0.6) is 0 Å². The summed E-state index contributed by atoms with van der Waals surface area (Å²) in [5.41, 5.74) is 2.38. The molecule has 2 N–H and O–H groups in total. The van der Waals surface area contributed by atoms with Crippen molar-refractivity contribution < 1.29 is 5.11 Å². The molecule has 0 aromatic heterocycles. The molecule has 0 heterocycles. The smallest absolute Gasteiger partial charge is 0.0626 e. The maximum Gasteiger partial charge on any atom is 0.0626 e. The predicted octanol–water partition coefficient (Wildman–Crippen LogP) is 3.71. The van der Waals surface area contributed by atoms with E-state index in [4.69, 9.17) is 0 Å². The second kappa shape index (κ2) is 7.22. The highest BCUT2D eigenvalue weighted by Crippen LogP contribution is 2.25. The van der Waals surface area contributed by atoms with Gasteiger partial charge in [0.15, 0.2) is 0 Å². The molecule has 0 spiro atoms. The van der Waals surface area contributed by atoms with Gasteiger partial charge in [-0.1, -0.05) is 74.5 Å². The molecule has 0 bridgehead atoms. The van der Waals surface area contributed by atoms with Crippen molar-refractivity contribution in [2.75, 3.05) is 6.61 Å². The SMILES string of the molecule is CC(C)C(N[C@H](CO)c1ccccc1)c1ccccc1. The first-order valence-corrected chi connectivity index (χ1v) is 7.19. The van der Waals surface area contributed by atoms with E-state index in [1.807, 2.05) is 24.3 Å². The van der Waals surface area contributed by atoms with Crippen LogP contribution in [0.3, 0.4) is 0 Å². The third kappa shape index (κ3) is 3.69. The van der Waals surface area contributed by atoms with Crippen molar-refractivity contribution in [1.82, 2.24) is 5.32 Å². The number of rotatable bonds is 6. The first kappa shape index (κ1) is 14.8. The highest BCUT2D eigenvalue weighted by Gasteiger charge is 2.20. The van der Waals surface area contributed by atoms with Crippen molar-refractivity contribution in [3.05, 3.63) is 71.8 Å². The summed E-state index contributed by atoms with van der Waals surface area (Å²) in [5, 5.41) is 13.3. The van der Waals surface area contributed by atoms with Gasteiger partial charge in [-0.2, -0.15) is 0 Å². The highest BCUT2D eigenvalue weighted by molar-refractivity contribution is 5.23. The Morgan fingerprint density at radius 2 is 1.35 bits per heavy atom. The van der Waals surface area contributed by atoms with Crippen molar-refractivity contribution in [3.63, 3.8) is 0 Å². The predicted molar refractivity (Wildman–Crippen MR) is 83.4 cm³/mol. The van der Waals surface area contributed by atoms with Crippen molar-refractivity contribution in [3.8, 4) is 0 Å². The van der Waals surface area contributed by atoms with E-state index < -0.39 is 0 Å². The average Bonchev–Trinajstić information content (AvgIpc) is 2.50. The first-order valence-electron chi connectivity index (χ1n) is 7.19. The van der Waals surface area contributed by atoms with Gasteiger partial charge in [-0.25, -0.2) is 0 Å². The fourth-order valence-corrected chi connectivity index (χ4v) is 2.49. The second-order valence-corrected chi connectivity index (χ2v) is 5.44. The zero-order valence-corrected chi connectivity index (χ0v) is 12.2. The summed E-state index contributed by atoms with van der Waals surface area (Å²) in [5.74, 6) is 0.454. The molecule has 2 atom stereocenters. The number of hydrogen-bond donors (Lipinski definition) is 2. The van der Waals surface area contributed by atoms with Crippen LogP contribution < -0.4 is 5.32 Å². The summed E-state index contributed by atoms with van der Waals surface area (Å²) < 4.78 is 0. The van der Waals surface area contributed by atoms with Gasteiger partial charge in [0.25, 0.3) is 0 Å². The fraction of sp³-hybridized carbons (Fsp3) is 0.333. The van der Waals surface area contributed by atoms with Gasteiger partial charge in [0, 0.05) is 6.04 Å². The van der Waals surface area contributed by atoms with Gasteiger partial charge in [0.05, 0.1) is 12.6 Å². The van der Waals surface area contributed by atoms with Gasteiger partial charge >= 0.3 is 0 Å². The third-order valence-electron chi connectivity index (χ3n) is 3.59. The Balaban J connectivity index is 2.19. The zero-order chi connectivity index (χ0) is 14.4. The molecular formula is C18H23NO. The molecular weight excluding hydrogens is 246 g/mol. The zero-order valence-electron chi connectivity index (χ0n) is 12.2. The Labute approximate surface area is 121 Å². The lowest BCUT2D eigenvalue weighted by Crippen LogP contribution is -2.31. The van der Waals surface area contributed by atoms with E-state index in [1.54, 1.807) is 0 Å². The molecule has 0 saturated carbocycles. The lowest BCUT2D eigenvalue weighted by atomic mass is 9.94. The minimum atomic E-state index is -0.0381. The van der Waals surface area contributed by atoms with Gasteiger partial charge in [-0.3, -0.25) is 0 Å². The van der Waals surface area contributed by atoms with Crippen molar-refractivity contribution >= 4 is 0 Å². The third-order valence-corrected chi connectivity index (χ3v) is 3.59. The van der Waals surface area contributed by atoms with Crippen LogP contribution in [0.1, 0.15) is 37.1 Å². The lowest BCUT2D eigenvalue weighted by molar-refractivity contribution is 0.221. The molecule has 0 saturated heterocycles. The molecule has 2 aromatic rings. The van der Waals surface area contributed by atoms with E-state index in [0.717, 1.165) is 5.56 Å². The van der Waals surface area contributed by atoms with Crippen molar-refractivity contribution in [1.29, 1.82) is 0 Å². The molecule has 20 heavy (non-hydrogen) atoms. The molecule has 106 valence electrons. The molecule has 0 aliphatic heterocycles. The van der Waals surface area contributed by atoms with Crippen LogP contribution in [0.4, 0.5) is 0 Å². The molecule has 1 unspecified atom stereocenters. The number of aliphatic hydroxyl groups is 1. The lowest BCUT2D eigenvalue weighted by Gasteiger charge is -2.28. The summed E-state index contributed by atoms with van der Waals surface area (Å²) in [6, 6.07) is 20.7. The maximum absolute atomic E-state index is 9.69. The minimum Gasteiger partial charge on any atom is -0.394 e. The Morgan fingerprint density at radius 1 is 0.850 bits per heavy atom. The molecule has 0 radical (unpaired) electrons. The fourth-order valence-electron chi connectivity index (χ4n) is 2.49. The van der Waals surface area contributed by atoms with Crippen molar-refractivity contribution in [2.45, 2.75) is 25.9 Å². The van der Waals surface area contributed by atoms with Gasteiger partial charge in [0.2, 0.25) is 0 Å². The minimum absolute atomic E-state index is 0.0381. The number of nitrogens with one attached hydrogen (secondary N) is 1. The summed E-state index contributed by atoms with van der Waals surface area (Å²) in [6.45, 7) is 4.49. The van der Waals surface area contributed by atoms with Crippen LogP contribution in [-0.2, 0) is 0 Å². The topological polar surface area (TPSA) is 32.3 Å². The van der Waals surface area contributed by atoms with Crippen molar-refractivity contribution in [2.24, 2.45) is 5.92 Å². The molecule has 2 nitrogen and oxygen atoms in total. The Morgan fingerprint density at radius 3 is 1.80 bits per heavy atom. The quantitative estimate of drug-likeness (QED) is 0.838. The molecule has 2 heteroatoms. The van der Waals surface area contributed by atoms with Crippen LogP contribution in [0.2, 0.25) is 0 Å². The molecule has 2 aromatic carbocycles. The summed E-state index contributed by atoms with van der Waals surface area (Å²) >= 11 is 0.